The molecule has 2 radical (unpaired) electrons. The van der Waals surface area contributed by atoms with Crippen molar-refractivity contribution in [3.63, 3.8) is 0 Å². The first-order chi connectivity index (χ1) is 2.27. The second kappa shape index (κ2) is 1.72. The standard InChI is InChI=1S/C2H4N2O/c3-1-2(4)5/h1,3H2. The van der Waals surface area contributed by atoms with Gasteiger partial charge in [-0.15, -0.1) is 5.73 Å². The summed E-state index contributed by atoms with van der Waals surface area (Å²) in [7, 11) is 0. The predicted molar refractivity (Wildman–Crippen MR) is 16.2 cm³/mol. The minimum atomic E-state index is -0.968. The minimum absolute atomic E-state index is 0.278. The Morgan fingerprint density at radius 1 is 2.00 bits per heavy atom. The summed E-state index contributed by atoms with van der Waals surface area (Å²) in [4.78, 5) is 9.24. The Hall–Kier alpha value is -0.570. The summed E-state index contributed by atoms with van der Waals surface area (Å²) in [6, 6.07) is 0. The lowest BCUT2D eigenvalue weighted by molar-refractivity contribution is -0.117. The van der Waals surface area contributed by atoms with E-state index in [1.165, 1.54) is 0 Å². The van der Waals surface area contributed by atoms with Crippen LogP contribution >= 0.6 is 0 Å². The highest BCUT2D eigenvalue weighted by molar-refractivity contribution is 5.74. The third-order valence-corrected chi connectivity index (χ3v) is 0.175. The molecule has 0 bridgehead atoms. The third-order valence-electron chi connectivity index (χ3n) is 0.175. The topological polar surface area (TPSA) is 65.4 Å². The molecule has 0 rings (SSSR count). The Balaban J connectivity index is 2.85. The smallest absolute Gasteiger partial charge is 0.278 e. The van der Waals surface area contributed by atoms with Crippen LogP contribution in [0.2, 0.25) is 0 Å². The largest absolute Gasteiger partial charge is 0.322 e. The molecule has 28 valence electrons. The third kappa shape index (κ3) is 3.43. The number of hydrogen-bond acceptors (Lipinski definition) is 2. The molecule has 0 fully saturated rings. The van der Waals surface area contributed by atoms with Gasteiger partial charge >= 0.3 is 0 Å². The molecule has 0 heterocycles. The van der Waals surface area contributed by atoms with Crippen molar-refractivity contribution >= 4 is 5.91 Å². The first kappa shape index (κ1) is 4.43. The van der Waals surface area contributed by atoms with E-state index in [2.05, 4.69) is 5.73 Å². The van der Waals surface area contributed by atoms with Crippen molar-refractivity contribution in [3.05, 3.63) is 0 Å². The van der Waals surface area contributed by atoms with Gasteiger partial charge in [-0.05, 0) is 0 Å². The lowest BCUT2D eigenvalue weighted by atomic mass is 10.7. The molecule has 0 spiro atoms. The zero-order valence-corrected chi connectivity index (χ0v) is 2.64. The summed E-state index contributed by atoms with van der Waals surface area (Å²) in [6.45, 7) is -0.278. The highest BCUT2D eigenvalue weighted by Gasteiger charge is 1.82. The molecule has 1 amide bonds. The van der Waals surface area contributed by atoms with Gasteiger partial charge in [0.25, 0.3) is 5.91 Å². The molecule has 0 aromatic rings. The first-order valence-corrected chi connectivity index (χ1v) is 1.19. The number of carbonyl (C=O) groups excluding carboxylic acids is 1. The molecule has 3 nitrogen and oxygen atoms in total. The number of amides is 1. The van der Waals surface area contributed by atoms with E-state index in [1.54, 1.807) is 0 Å². The van der Waals surface area contributed by atoms with Crippen LogP contribution in [0, 0.1) is 0 Å². The number of rotatable bonds is 1. The lowest BCUT2D eigenvalue weighted by Gasteiger charge is -1.68. The fraction of sp³-hybridized carbons (Fsp3) is 0.500. The van der Waals surface area contributed by atoms with Crippen LogP contribution in [0.15, 0.2) is 0 Å². The van der Waals surface area contributed by atoms with Crippen LogP contribution in [0.5, 0.6) is 0 Å². The highest BCUT2D eigenvalue weighted by atomic mass is 16.1. The van der Waals surface area contributed by atoms with Crippen LogP contribution in [0.4, 0.5) is 0 Å². The summed E-state index contributed by atoms with van der Waals surface area (Å²) in [5.41, 5.74) is 12.2. The van der Waals surface area contributed by atoms with Crippen LogP contribution in [0.25, 0.3) is 0 Å². The molecule has 0 atom stereocenters. The van der Waals surface area contributed by atoms with Crippen LogP contribution in [-0.4, -0.2) is 12.5 Å². The molecule has 0 unspecified atom stereocenters. The van der Waals surface area contributed by atoms with Crippen molar-refractivity contribution < 1.29 is 4.79 Å². The molecule has 0 aromatic carbocycles. The zero-order valence-electron chi connectivity index (χ0n) is 2.64. The molecule has 0 aliphatic carbocycles. The van der Waals surface area contributed by atoms with Crippen molar-refractivity contribution in [1.29, 1.82) is 0 Å². The van der Waals surface area contributed by atoms with Gasteiger partial charge in [-0.1, -0.05) is 0 Å². The second-order valence-corrected chi connectivity index (χ2v) is 0.598. The van der Waals surface area contributed by atoms with Crippen LogP contribution < -0.4 is 11.5 Å². The Morgan fingerprint density at radius 2 is 2.20 bits per heavy atom. The monoisotopic (exact) mass is 72.0 g/mol. The van der Waals surface area contributed by atoms with Gasteiger partial charge in [0.1, 0.15) is 0 Å². The predicted octanol–water partition coefficient (Wildman–Crippen LogP) is -1.46. The second-order valence-electron chi connectivity index (χ2n) is 0.598. The maximum atomic E-state index is 9.24. The van der Waals surface area contributed by atoms with Gasteiger partial charge in [0.15, 0.2) is 0 Å². The zero-order chi connectivity index (χ0) is 4.28. The number of nitrogens with two attached hydrogens (primary N) is 1. The van der Waals surface area contributed by atoms with E-state index in [1.807, 2.05) is 0 Å². The molecule has 0 aliphatic heterocycles. The number of hydrogen-bond donors (Lipinski definition) is 1. The molecule has 0 saturated carbocycles. The highest BCUT2D eigenvalue weighted by Crippen LogP contribution is 1.41. The van der Waals surface area contributed by atoms with E-state index in [9.17, 15) is 4.79 Å². The van der Waals surface area contributed by atoms with E-state index in [0.717, 1.165) is 0 Å². The summed E-state index contributed by atoms with van der Waals surface area (Å²) < 4.78 is 0. The average molecular weight is 72.1 g/mol. The van der Waals surface area contributed by atoms with Crippen molar-refractivity contribution in [2.75, 3.05) is 6.54 Å². The summed E-state index contributed by atoms with van der Waals surface area (Å²) in [6.07, 6.45) is 0. The Morgan fingerprint density at radius 3 is 2.20 bits per heavy atom. The molecule has 0 aromatic heterocycles. The number of nitrogens with zero attached hydrogens (tertiary/aromatic N) is 1. The van der Waals surface area contributed by atoms with Crippen molar-refractivity contribution in [1.82, 2.24) is 5.73 Å². The lowest BCUT2D eigenvalue weighted by Crippen LogP contribution is -2.12. The molecule has 2 N–H and O–H groups in total. The fourth-order valence-corrected chi connectivity index (χ4v) is 0. The average Bonchev–Trinajstić information content (AvgIpc) is 1.38. The van der Waals surface area contributed by atoms with Gasteiger partial charge in [0, 0.05) is 0 Å². The van der Waals surface area contributed by atoms with E-state index >= 15 is 0 Å². The summed E-state index contributed by atoms with van der Waals surface area (Å²) in [5.74, 6) is -0.968. The van der Waals surface area contributed by atoms with Crippen molar-refractivity contribution in [3.8, 4) is 0 Å². The van der Waals surface area contributed by atoms with Gasteiger partial charge in [-0.2, -0.15) is 0 Å². The van der Waals surface area contributed by atoms with Crippen LogP contribution in [0.3, 0.4) is 0 Å². The molecule has 0 saturated heterocycles. The normalized spacial score (nSPS) is 7.40. The van der Waals surface area contributed by atoms with Gasteiger partial charge in [0.05, 0.1) is 6.54 Å². The maximum Gasteiger partial charge on any atom is 0.278 e. The fourth-order valence-electron chi connectivity index (χ4n) is 0. The van der Waals surface area contributed by atoms with E-state index in [4.69, 9.17) is 5.73 Å². The van der Waals surface area contributed by atoms with Gasteiger partial charge < -0.3 is 5.73 Å². The van der Waals surface area contributed by atoms with Gasteiger partial charge in [-0.25, -0.2) is 0 Å². The van der Waals surface area contributed by atoms with Crippen LogP contribution in [0.1, 0.15) is 0 Å². The van der Waals surface area contributed by atoms with Crippen LogP contribution in [-0.2, 0) is 4.79 Å². The molecule has 3 heteroatoms. The minimum Gasteiger partial charge on any atom is -0.322 e. The van der Waals surface area contributed by atoms with E-state index < -0.39 is 5.91 Å². The molecular weight excluding hydrogens is 68.0 g/mol. The van der Waals surface area contributed by atoms with E-state index in [-0.39, 0.29) is 6.54 Å². The van der Waals surface area contributed by atoms with Crippen molar-refractivity contribution in [2.24, 2.45) is 5.73 Å². The Labute approximate surface area is 29.9 Å². The summed E-state index contributed by atoms with van der Waals surface area (Å²) >= 11 is 0. The quantitative estimate of drug-likeness (QED) is 0.411. The Kier molecular flexibility index (Phi) is 1.53. The molecule has 5 heavy (non-hydrogen) atoms. The maximum absolute atomic E-state index is 9.24. The van der Waals surface area contributed by atoms with Crippen molar-refractivity contribution in [2.45, 2.75) is 0 Å². The van der Waals surface area contributed by atoms with Gasteiger partial charge in [0.2, 0.25) is 0 Å². The molecular formula is C2H4N2O. The summed E-state index contributed by atoms with van der Waals surface area (Å²) in [5, 5.41) is 0. The van der Waals surface area contributed by atoms with E-state index in [0.29, 0.717) is 0 Å². The molecule has 0 aliphatic rings. The van der Waals surface area contributed by atoms with Gasteiger partial charge in [-0.3, -0.25) is 4.79 Å². The number of carbonyl (C=O) groups is 1. The Bertz CT molecular complexity index is 42.9. The first-order valence-electron chi connectivity index (χ1n) is 1.19. The SMILES string of the molecule is [N]C(=O)CN.